The topological polar surface area (TPSA) is 127 Å². The molecule has 10 nitrogen and oxygen atoms in total. The number of aromatic amines is 2. The van der Waals surface area contributed by atoms with Crippen molar-refractivity contribution in [2.45, 2.75) is 27.7 Å². The Morgan fingerprint density at radius 3 is 1.45 bits per heavy atom. The summed E-state index contributed by atoms with van der Waals surface area (Å²) in [6, 6.07) is 15.4. The summed E-state index contributed by atoms with van der Waals surface area (Å²) in [5, 5.41) is 3.20. The van der Waals surface area contributed by atoms with Crippen molar-refractivity contribution in [3.63, 3.8) is 0 Å². The first kappa shape index (κ1) is 37.2. The molecule has 0 radical (unpaired) electrons. The number of nitrogens with one attached hydrogen (secondary N) is 2. The van der Waals surface area contributed by atoms with E-state index in [1.807, 2.05) is 76.2 Å². The van der Waals surface area contributed by atoms with Crippen LogP contribution in [0.5, 0.6) is 11.5 Å². The Hall–Kier alpha value is -4.42. The zero-order valence-electron chi connectivity index (χ0n) is 30.0. The van der Waals surface area contributed by atoms with Crippen molar-refractivity contribution in [3.8, 4) is 57.1 Å². The molecule has 282 valence electrons. The molecule has 0 saturated carbocycles. The van der Waals surface area contributed by atoms with Crippen LogP contribution in [0.25, 0.3) is 89.7 Å². The number of fused-ring (bicyclic) bond motifs is 20. The summed E-state index contributed by atoms with van der Waals surface area (Å²) in [6.45, 7) is 8.69. The molecular weight excluding hydrogens is 837 g/mol. The first-order chi connectivity index (χ1) is 26.9. The number of aromatic nitrogens is 8. The maximum Gasteiger partial charge on any atom is 0.166 e. The van der Waals surface area contributed by atoms with Crippen LogP contribution in [0, 0.1) is 11.8 Å². The molecule has 0 amide bonds. The van der Waals surface area contributed by atoms with Gasteiger partial charge in [-0.15, -0.1) is 0 Å². The van der Waals surface area contributed by atoms with Gasteiger partial charge in [0.05, 0.1) is 55.2 Å². The molecule has 56 heavy (non-hydrogen) atoms. The van der Waals surface area contributed by atoms with E-state index in [-0.39, 0.29) is 76.4 Å². The minimum atomic E-state index is 0.116. The molecule has 9 rings (SSSR count). The van der Waals surface area contributed by atoms with Crippen LogP contribution in [0.2, 0.25) is 30.1 Å². The molecule has 8 bridgehead atoms. The molecule has 4 aromatic carbocycles. The van der Waals surface area contributed by atoms with Gasteiger partial charge in [-0.3, -0.25) is 0 Å². The van der Waals surface area contributed by atoms with Gasteiger partial charge in [0.1, 0.15) is 32.6 Å². The van der Waals surface area contributed by atoms with Crippen LogP contribution in [0.15, 0.2) is 48.5 Å². The minimum Gasteiger partial charge on any atom is -0.490 e. The normalized spacial score (nSPS) is 12.2. The Morgan fingerprint density at radius 2 is 0.875 bits per heavy atom. The lowest BCUT2D eigenvalue weighted by Crippen LogP contribution is -2.06. The fourth-order valence-electron chi connectivity index (χ4n) is 6.68. The predicted octanol–water partition coefficient (Wildman–Crippen LogP) is 12.9. The molecule has 2 aliphatic heterocycles. The first-order valence-corrected chi connectivity index (χ1v) is 19.9. The SMILES string of the molecule is CC(C)COc1c(Cl)c(Cl)c2c(c1Cl)-c1nc-2nc2[nH]c(nc3nc(nc4[nH]c(n1)c1c(Cl)c(OCC(C)C)c(Cl)c(Cl)c41)-c1ccccc1-3)c1ccccc21. The minimum absolute atomic E-state index is 0.116. The van der Waals surface area contributed by atoms with Gasteiger partial charge in [-0.05, 0) is 11.8 Å². The number of benzene rings is 4. The predicted molar refractivity (Wildman–Crippen MR) is 227 cm³/mol. The van der Waals surface area contributed by atoms with Gasteiger partial charge in [0.2, 0.25) is 0 Å². The second-order valence-corrected chi connectivity index (χ2v) is 16.4. The van der Waals surface area contributed by atoms with Crippen LogP contribution in [0.4, 0.5) is 0 Å². The van der Waals surface area contributed by atoms with Gasteiger partial charge in [0, 0.05) is 21.9 Å². The third kappa shape index (κ3) is 6.01. The standard InChI is InChI=1S/C40H28Cl6N8O2/c1-15(2)13-55-31-27(43)23-21(25(41)29(31)45)37-50-35-19-11-7-5-9-17(19)33(48-35)47-34-18-10-6-8-12-20(18)36(49-34)51-38-22-24(40(53-38)54-39(23)52-37)28(44)32(30(46)26(22)42)56-14-16(3)4/h5-12,15-16H,13-14H2,1-4H3,(H2,47,48,49,50,51,52,53,54). The number of hydrogen-bond donors (Lipinski definition) is 2. The van der Waals surface area contributed by atoms with E-state index in [2.05, 4.69) is 9.97 Å². The highest BCUT2D eigenvalue weighted by Gasteiger charge is 2.32. The quantitative estimate of drug-likeness (QED) is 0.158. The van der Waals surface area contributed by atoms with Crippen molar-refractivity contribution in [2.75, 3.05) is 13.2 Å². The summed E-state index contributed by atoms with van der Waals surface area (Å²) in [5.74, 6) is 1.88. The lowest BCUT2D eigenvalue weighted by Gasteiger charge is -2.16. The summed E-state index contributed by atoms with van der Waals surface area (Å²) < 4.78 is 12.3. The van der Waals surface area contributed by atoms with E-state index >= 15 is 0 Å². The van der Waals surface area contributed by atoms with Gasteiger partial charge in [-0.1, -0.05) is 146 Å². The Bertz CT molecular complexity index is 2980. The van der Waals surface area contributed by atoms with Crippen LogP contribution in [-0.4, -0.2) is 53.1 Å². The first-order valence-electron chi connectivity index (χ1n) is 17.6. The molecule has 2 N–H and O–H groups in total. The maximum absolute atomic E-state index is 7.20. The van der Waals surface area contributed by atoms with E-state index in [1.54, 1.807) is 0 Å². The lowest BCUT2D eigenvalue weighted by atomic mass is 10.1. The van der Waals surface area contributed by atoms with Crippen molar-refractivity contribution in [2.24, 2.45) is 11.8 Å². The van der Waals surface area contributed by atoms with Crippen LogP contribution in [0.1, 0.15) is 27.7 Å². The number of halogens is 6. The Kier molecular flexibility index (Phi) is 9.42. The molecule has 0 aliphatic carbocycles. The van der Waals surface area contributed by atoms with E-state index in [0.717, 1.165) is 21.9 Å². The van der Waals surface area contributed by atoms with E-state index in [9.17, 15) is 0 Å². The van der Waals surface area contributed by atoms with Crippen molar-refractivity contribution in [1.82, 2.24) is 39.9 Å². The molecule has 0 saturated heterocycles. The fraction of sp³-hybridized carbons (Fsp3) is 0.200. The summed E-state index contributed by atoms with van der Waals surface area (Å²) in [5.41, 5.74) is 3.75. The molecule has 0 spiro atoms. The summed E-state index contributed by atoms with van der Waals surface area (Å²) >= 11 is 42.4. The zero-order chi connectivity index (χ0) is 39.2. The van der Waals surface area contributed by atoms with Gasteiger partial charge < -0.3 is 19.4 Å². The van der Waals surface area contributed by atoms with Crippen LogP contribution in [-0.2, 0) is 0 Å². The van der Waals surface area contributed by atoms with E-state index < -0.39 is 0 Å². The summed E-state index contributed by atoms with van der Waals surface area (Å²) in [6.07, 6.45) is 0. The van der Waals surface area contributed by atoms with Crippen molar-refractivity contribution >= 4 is 114 Å². The van der Waals surface area contributed by atoms with E-state index in [0.29, 0.717) is 58.1 Å². The second kappa shape index (κ2) is 14.2. The Balaban J connectivity index is 1.49. The number of hydrogen-bond acceptors (Lipinski definition) is 8. The number of ether oxygens (including phenoxy) is 2. The molecule has 2 aliphatic rings. The fourth-order valence-corrected chi connectivity index (χ4v) is 8.46. The van der Waals surface area contributed by atoms with Crippen molar-refractivity contribution in [1.29, 1.82) is 0 Å². The average molecular weight is 865 g/mol. The van der Waals surface area contributed by atoms with Crippen LogP contribution in [0.3, 0.4) is 0 Å². The molecule has 0 fully saturated rings. The molecular formula is C40H28Cl6N8O2. The van der Waals surface area contributed by atoms with Crippen molar-refractivity contribution < 1.29 is 9.47 Å². The highest BCUT2D eigenvalue weighted by Crippen LogP contribution is 2.53. The third-order valence-electron chi connectivity index (χ3n) is 9.22. The largest absolute Gasteiger partial charge is 0.490 e. The smallest absolute Gasteiger partial charge is 0.166 e. The second-order valence-electron chi connectivity index (χ2n) is 14.2. The Morgan fingerprint density at radius 1 is 0.464 bits per heavy atom. The number of H-pyrrole nitrogens is 2. The molecule has 16 heteroatoms. The summed E-state index contributed by atoms with van der Waals surface area (Å²) in [7, 11) is 0. The molecule has 3 aromatic heterocycles. The van der Waals surface area contributed by atoms with Crippen LogP contribution >= 0.6 is 69.6 Å². The molecule has 7 aromatic rings. The van der Waals surface area contributed by atoms with E-state index in [1.165, 1.54) is 0 Å². The highest BCUT2D eigenvalue weighted by molar-refractivity contribution is 6.51. The highest BCUT2D eigenvalue weighted by atomic mass is 35.5. The summed E-state index contributed by atoms with van der Waals surface area (Å²) in [4.78, 5) is 36.7. The Labute approximate surface area is 349 Å². The monoisotopic (exact) mass is 862 g/mol. The van der Waals surface area contributed by atoms with Gasteiger partial charge in [-0.25, -0.2) is 29.9 Å². The molecule has 0 unspecified atom stereocenters. The number of rotatable bonds is 6. The average Bonchev–Trinajstić information content (AvgIpc) is 3.91. The molecule has 5 heterocycles. The third-order valence-corrected chi connectivity index (χ3v) is 11.6. The zero-order valence-corrected chi connectivity index (χ0v) is 34.5. The lowest BCUT2D eigenvalue weighted by molar-refractivity contribution is 0.271. The number of nitrogens with zero attached hydrogens (tertiary/aromatic N) is 6. The van der Waals surface area contributed by atoms with Gasteiger partial charge >= 0.3 is 0 Å². The van der Waals surface area contributed by atoms with Crippen molar-refractivity contribution in [3.05, 3.63) is 78.7 Å². The van der Waals surface area contributed by atoms with E-state index in [4.69, 9.17) is 109 Å². The maximum atomic E-state index is 7.20. The van der Waals surface area contributed by atoms with Crippen LogP contribution < -0.4 is 9.47 Å². The van der Waals surface area contributed by atoms with Gasteiger partial charge in [-0.2, -0.15) is 0 Å². The van der Waals surface area contributed by atoms with Gasteiger partial charge in [0.25, 0.3) is 0 Å². The van der Waals surface area contributed by atoms with Gasteiger partial charge in [0.15, 0.2) is 34.8 Å². The molecule has 0 atom stereocenters.